The molecule has 0 aliphatic heterocycles. The van der Waals surface area contributed by atoms with Crippen LogP contribution < -0.4 is 15.8 Å². The largest absolute Gasteiger partial charge is 0.484 e. The molecular formula is C30H54N2O11. The van der Waals surface area contributed by atoms with Gasteiger partial charge in [-0.05, 0) is 24.1 Å². The van der Waals surface area contributed by atoms with Gasteiger partial charge in [-0.15, -0.1) is 0 Å². The van der Waals surface area contributed by atoms with Crippen LogP contribution in [-0.4, -0.2) is 145 Å². The van der Waals surface area contributed by atoms with Crippen LogP contribution in [0.15, 0.2) is 24.3 Å². The zero-order valence-corrected chi connectivity index (χ0v) is 25.9. The lowest BCUT2D eigenvalue weighted by molar-refractivity contribution is -0.123. The Morgan fingerprint density at radius 2 is 0.907 bits per heavy atom. The quantitative estimate of drug-likeness (QED) is 0.108. The van der Waals surface area contributed by atoms with Crippen molar-refractivity contribution in [3.63, 3.8) is 0 Å². The van der Waals surface area contributed by atoms with E-state index in [2.05, 4.69) is 12.2 Å². The Labute approximate surface area is 256 Å². The fraction of sp³-hybridized carbons (Fsp3) is 0.767. The van der Waals surface area contributed by atoms with Crippen molar-refractivity contribution in [2.24, 2.45) is 5.73 Å². The molecule has 1 rings (SSSR count). The average Bonchev–Trinajstić information content (AvgIpc) is 3.03. The molecule has 1 aromatic rings. The van der Waals surface area contributed by atoms with E-state index in [9.17, 15) is 4.79 Å². The van der Waals surface area contributed by atoms with Crippen molar-refractivity contribution in [1.82, 2.24) is 5.32 Å². The summed E-state index contributed by atoms with van der Waals surface area (Å²) in [4.78, 5) is 11.8. The summed E-state index contributed by atoms with van der Waals surface area (Å²) in [6.45, 7) is 12.0. The molecular weight excluding hydrogens is 564 g/mol. The fourth-order valence-electron chi connectivity index (χ4n) is 3.23. The molecule has 0 spiro atoms. The van der Waals surface area contributed by atoms with E-state index in [0.717, 1.165) is 6.42 Å². The van der Waals surface area contributed by atoms with Crippen LogP contribution in [-0.2, 0) is 53.8 Å². The third-order valence-corrected chi connectivity index (χ3v) is 5.51. The van der Waals surface area contributed by atoms with Crippen LogP contribution in [0.5, 0.6) is 5.75 Å². The molecule has 0 aromatic heterocycles. The molecule has 0 radical (unpaired) electrons. The molecule has 0 bridgehead atoms. The van der Waals surface area contributed by atoms with E-state index >= 15 is 0 Å². The topological polar surface area (TPSA) is 147 Å². The summed E-state index contributed by atoms with van der Waals surface area (Å²) in [5, 5.41) is 2.76. The van der Waals surface area contributed by atoms with Crippen molar-refractivity contribution < 1.29 is 52.2 Å². The third kappa shape index (κ3) is 27.4. The molecule has 0 saturated carbocycles. The van der Waals surface area contributed by atoms with Crippen molar-refractivity contribution in [3.05, 3.63) is 29.8 Å². The number of nitrogens with two attached hydrogens (primary N) is 1. The molecule has 0 unspecified atom stereocenters. The van der Waals surface area contributed by atoms with E-state index < -0.39 is 0 Å². The van der Waals surface area contributed by atoms with Crippen molar-refractivity contribution in [1.29, 1.82) is 0 Å². The summed E-state index contributed by atoms with van der Waals surface area (Å²) in [6.07, 6.45) is 0.968. The Hall–Kier alpha value is -1.91. The van der Waals surface area contributed by atoms with Crippen LogP contribution in [0.25, 0.3) is 0 Å². The summed E-state index contributed by atoms with van der Waals surface area (Å²) in [6, 6.07) is 7.72. The zero-order chi connectivity index (χ0) is 30.9. The number of benzene rings is 1. The molecule has 0 aliphatic rings. The Morgan fingerprint density at radius 1 is 0.558 bits per heavy atom. The lowest BCUT2D eigenvalue weighted by Crippen LogP contribution is -2.31. The summed E-state index contributed by atoms with van der Waals surface area (Å²) in [5.74, 6) is 0.495. The van der Waals surface area contributed by atoms with Crippen LogP contribution in [0.2, 0.25) is 0 Å². The van der Waals surface area contributed by atoms with Gasteiger partial charge in [-0.3, -0.25) is 4.79 Å². The minimum absolute atomic E-state index is 0.0218. The van der Waals surface area contributed by atoms with E-state index in [4.69, 9.17) is 53.1 Å². The highest BCUT2D eigenvalue weighted by atomic mass is 16.6. The predicted octanol–water partition coefficient (Wildman–Crippen LogP) is 0.852. The van der Waals surface area contributed by atoms with Gasteiger partial charge in [0.1, 0.15) is 5.75 Å². The van der Waals surface area contributed by atoms with Crippen molar-refractivity contribution in [2.75, 3.05) is 139 Å². The Morgan fingerprint density at radius 3 is 1.26 bits per heavy atom. The van der Waals surface area contributed by atoms with Gasteiger partial charge in [-0.1, -0.05) is 19.1 Å². The summed E-state index contributed by atoms with van der Waals surface area (Å²) < 4.78 is 54.2. The lowest BCUT2D eigenvalue weighted by atomic mass is 10.2. The van der Waals surface area contributed by atoms with Crippen LogP contribution in [0.4, 0.5) is 0 Å². The molecule has 1 aromatic carbocycles. The summed E-state index contributed by atoms with van der Waals surface area (Å²) in [5.41, 5.74) is 6.55. The summed E-state index contributed by atoms with van der Waals surface area (Å²) in [7, 11) is 0. The van der Waals surface area contributed by atoms with Gasteiger partial charge in [-0.2, -0.15) is 0 Å². The second-order valence-corrected chi connectivity index (χ2v) is 8.94. The molecule has 0 atom stereocenters. The number of amides is 1. The number of aryl methyl sites for hydroxylation is 1. The third-order valence-electron chi connectivity index (χ3n) is 5.51. The van der Waals surface area contributed by atoms with Crippen molar-refractivity contribution in [3.8, 4) is 5.75 Å². The second-order valence-electron chi connectivity index (χ2n) is 8.94. The predicted molar refractivity (Wildman–Crippen MR) is 161 cm³/mol. The molecule has 13 nitrogen and oxygen atoms in total. The molecule has 1 amide bonds. The highest BCUT2D eigenvalue weighted by Gasteiger charge is 2.02. The highest BCUT2D eigenvalue weighted by Crippen LogP contribution is 2.12. The fourth-order valence-corrected chi connectivity index (χ4v) is 3.23. The number of carbonyl (C=O) groups is 1. The monoisotopic (exact) mass is 618 g/mol. The number of ether oxygens (including phenoxy) is 10. The zero-order valence-electron chi connectivity index (χ0n) is 25.9. The number of hydrogen-bond donors (Lipinski definition) is 2. The van der Waals surface area contributed by atoms with Gasteiger partial charge in [0.25, 0.3) is 5.91 Å². The van der Waals surface area contributed by atoms with E-state index in [0.29, 0.717) is 138 Å². The van der Waals surface area contributed by atoms with Crippen LogP contribution >= 0.6 is 0 Å². The first-order valence-electron chi connectivity index (χ1n) is 15.1. The van der Waals surface area contributed by atoms with E-state index in [-0.39, 0.29) is 12.5 Å². The number of hydrogen-bond acceptors (Lipinski definition) is 12. The molecule has 43 heavy (non-hydrogen) atoms. The Kier molecular flexibility index (Phi) is 28.7. The molecule has 3 N–H and O–H groups in total. The molecule has 0 aliphatic carbocycles. The van der Waals surface area contributed by atoms with Crippen LogP contribution in [0.1, 0.15) is 12.5 Å². The number of rotatable bonds is 33. The van der Waals surface area contributed by atoms with Gasteiger partial charge in [0.05, 0.1) is 119 Å². The minimum Gasteiger partial charge on any atom is -0.484 e. The van der Waals surface area contributed by atoms with Crippen molar-refractivity contribution >= 4 is 5.91 Å². The van der Waals surface area contributed by atoms with E-state index in [1.807, 2.05) is 24.3 Å². The maximum Gasteiger partial charge on any atom is 0.258 e. The first-order valence-corrected chi connectivity index (χ1v) is 15.1. The molecule has 0 fully saturated rings. The average molecular weight is 619 g/mol. The number of carbonyl (C=O) groups excluding carboxylic acids is 1. The summed E-state index contributed by atoms with van der Waals surface area (Å²) >= 11 is 0. The normalized spacial score (nSPS) is 11.2. The maximum absolute atomic E-state index is 11.8. The van der Waals surface area contributed by atoms with Gasteiger partial charge in [0.2, 0.25) is 0 Å². The Balaban J connectivity index is 1.68. The molecule has 13 heteroatoms. The molecule has 250 valence electrons. The minimum atomic E-state index is -0.185. The lowest BCUT2D eigenvalue weighted by Gasteiger charge is -2.09. The van der Waals surface area contributed by atoms with E-state index in [1.54, 1.807) is 0 Å². The molecule has 0 saturated heterocycles. The van der Waals surface area contributed by atoms with Crippen LogP contribution in [0.3, 0.4) is 0 Å². The van der Waals surface area contributed by atoms with Gasteiger partial charge < -0.3 is 58.4 Å². The highest BCUT2D eigenvalue weighted by molar-refractivity contribution is 5.77. The SMILES string of the molecule is CCc1ccc(OCC(=O)NCCOCCOCCOCCOCCOCCOCCOCCOCCOCCN)cc1. The first kappa shape index (κ1) is 39.1. The Bertz CT molecular complexity index is 729. The van der Waals surface area contributed by atoms with Gasteiger partial charge in [0, 0.05) is 13.1 Å². The molecule has 0 heterocycles. The van der Waals surface area contributed by atoms with Gasteiger partial charge in [0.15, 0.2) is 6.61 Å². The first-order chi connectivity index (χ1) is 21.3. The maximum atomic E-state index is 11.8. The van der Waals surface area contributed by atoms with E-state index in [1.165, 1.54) is 5.56 Å². The van der Waals surface area contributed by atoms with Gasteiger partial charge in [-0.25, -0.2) is 0 Å². The smallest absolute Gasteiger partial charge is 0.258 e. The second kappa shape index (κ2) is 31.5. The van der Waals surface area contributed by atoms with Gasteiger partial charge >= 0.3 is 0 Å². The number of nitrogens with one attached hydrogen (secondary N) is 1. The van der Waals surface area contributed by atoms with Crippen molar-refractivity contribution in [2.45, 2.75) is 13.3 Å². The van der Waals surface area contributed by atoms with Crippen LogP contribution in [0, 0.1) is 0 Å². The standard InChI is InChI=1S/C30H54N2O11/c1-2-28-3-5-29(6-4-28)43-27-30(33)32-8-10-35-12-14-37-16-18-39-20-22-41-24-26-42-25-23-40-21-19-38-17-15-36-13-11-34-9-7-31/h3-6H,2,7-27,31H2,1H3,(H,32,33).